The highest BCUT2D eigenvalue weighted by Gasteiger charge is 2.27. The lowest BCUT2D eigenvalue weighted by molar-refractivity contribution is -0.135. The van der Waals surface area contributed by atoms with Crippen molar-refractivity contribution in [3.8, 4) is 0 Å². The molecule has 0 aliphatic heterocycles. The van der Waals surface area contributed by atoms with Crippen LogP contribution in [0.15, 0.2) is 18.5 Å². The highest BCUT2D eigenvalue weighted by atomic mass is 35.5. The van der Waals surface area contributed by atoms with Gasteiger partial charge in [0.2, 0.25) is 5.06 Å². The van der Waals surface area contributed by atoms with E-state index >= 15 is 0 Å². The summed E-state index contributed by atoms with van der Waals surface area (Å²) in [7, 11) is 0. The molecule has 78 valence electrons. The molecule has 0 fully saturated rings. The molecule has 0 aliphatic rings. The van der Waals surface area contributed by atoms with Crippen LogP contribution in [-0.4, -0.2) is 11.5 Å². The molecule has 4 nitrogen and oxygen atoms in total. The molecule has 0 radical (unpaired) electrons. The average Bonchev–Trinajstić information content (AvgIpc) is 2.04. The maximum atomic E-state index is 10.1. The van der Waals surface area contributed by atoms with Crippen LogP contribution >= 0.6 is 24.0 Å². The molecule has 1 atom stereocenters. The minimum atomic E-state index is -1.23. The van der Waals surface area contributed by atoms with Crippen molar-refractivity contribution in [1.29, 1.82) is 0 Å². The summed E-state index contributed by atoms with van der Waals surface area (Å²) in [5, 5.41) is -1.23. The number of halogens is 2. The predicted octanol–water partition coefficient (Wildman–Crippen LogP) is 1.67. The Morgan fingerprint density at radius 2 is 2.36 bits per heavy atom. The van der Waals surface area contributed by atoms with Crippen LogP contribution in [0.3, 0.4) is 0 Å². The number of nitrogens with zero attached hydrogens (tertiary/aromatic N) is 1. The number of alkyl halides is 1. The Morgan fingerprint density at radius 1 is 1.71 bits per heavy atom. The van der Waals surface area contributed by atoms with Crippen molar-refractivity contribution in [3.05, 3.63) is 24.0 Å². The van der Waals surface area contributed by atoms with Crippen molar-refractivity contribution in [2.24, 2.45) is 0 Å². The van der Waals surface area contributed by atoms with E-state index in [1.54, 1.807) is 6.07 Å². The molecule has 2 N–H and O–H groups in total. The standard InChI is InChI=1S/C8H9ClN2O2.ClH/c1-8(9,13-5-12)6-2-3-11-4-7(6)10;/h2-5H,10H2,1H3;1H. The van der Waals surface area contributed by atoms with Gasteiger partial charge in [-0.2, -0.15) is 0 Å². The van der Waals surface area contributed by atoms with Gasteiger partial charge in [0.05, 0.1) is 11.9 Å². The fourth-order valence-corrected chi connectivity index (χ4v) is 1.18. The summed E-state index contributed by atoms with van der Waals surface area (Å²) in [5.41, 5.74) is 6.51. The number of rotatable bonds is 3. The summed E-state index contributed by atoms with van der Waals surface area (Å²) < 4.78 is 4.67. The predicted molar refractivity (Wildman–Crippen MR) is 56.3 cm³/mol. The number of hydrogen-bond donors (Lipinski definition) is 1. The quantitative estimate of drug-likeness (QED) is 0.641. The lowest BCUT2D eigenvalue weighted by Crippen LogP contribution is -2.19. The Hall–Kier alpha value is -1.00. The second-order valence-electron chi connectivity index (χ2n) is 2.59. The molecule has 0 saturated heterocycles. The van der Waals surface area contributed by atoms with E-state index in [1.165, 1.54) is 19.3 Å². The summed E-state index contributed by atoms with van der Waals surface area (Å²) in [6, 6.07) is 1.60. The molecule has 1 heterocycles. The SMILES string of the molecule is CC(Cl)(OC=O)c1ccncc1N.Cl. The molecule has 0 amide bonds. The maximum absolute atomic E-state index is 10.1. The third kappa shape index (κ3) is 2.75. The van der Waals surface area contributed by atoms with Gasteiger partial charge in [-0.15, -0.1) is 12.4 Å². The average molecular weight is 237 g/mol. The Bertz CT molecular complexity index is 318. The summed E-state index contributed by atoms with van der Waals surface area (Å²) in [5.74, 6) is 0. The number of anilines is 1. The topological polar surface area (TPSA) is 65.2 Å². The van der Waals surface area contributed by atoms with E-state index in [2.05, 4.69) is 9.72 Å². The van der Waals surface area contributed by atoms with Gasteiger partial charge in [-0.25, -0.2) is 0 Å². The smallest absolute Gasteiger partial charge is 0.295 e. The zero-order valence-electron chi connectivity index (χ0n) is 7.44. The van der Waals surface area contributed by atoms with Crippen LogP contribution in [0.1, 0.15) is 12.5 Å². The number of pyridine rings is 1. The molecule has 1 aromatic rings. The van der Waals surface area contributed by atoms with E-state index < -0.39 is 5.06 Å². The van der Waals surface area contributed by atoms with Crippen molar-refractivity contribution in [2.75, 3.05) is 5.73 Å². The van der Waals surface area contributed by atoms with E-state index in [0.29, 0.717) is 11.3 Å². The molecule has 1 unspecified atom stereocenters. The lowest BCUT2D eigenvalue weighted by Gasteiger charge is -2.21. The van der Waals surface area contributed by atoms with Crippen LogP contribution in [0.2, 0.25) is 0 Å². The number of carbonyl (C=O) groups excluding carboxylic acids is 1. The molecule has 0 aromatic carbocycles. The van der Waals surface area contributed by atoms with Crippen LogP contribution in [0, 0.1) is 0 Å². The summed E-state index contributed by atoms with van der Waals surface area (Å²) >= 11 is 5.91. The van der Waals surface area contributed by atoms with Gasteiger partial charge in [0, 0.05) is 11.8 Å². The van der Waals surface area contributed by atoms with E-state index in [-0.39, 0.29) is 18.9 Å². The molecular formula is C8H10Cl2N2O2. The van der Waals surface area contributed by atoms with Crippen molar-refractivity contribution < 1.29 is 9.53 Å². The molecule has 0 bridgehead atoms. The van der Waals surface area contributed by atoms with Crippen molar-refractivity contribution in [2.45, 2.75) is 12.0 Å². The minimum Gasteiger partial charge on any atom is -0.441 e. The number of hydrogen-bond acceptors (Lipinski definition) is 4. The normalized spacial score (nSPS) is 13.6. The first-order chi connectivity index (χ1) is 6.08. The zero-order valence-corrected chi connectivity index (χ0v) is 9.01. The highest BCUT2D eigenvalue weighted by Crippen LogP contribution is 2.32. The number of nitrogens with two attached hydrogens (primary N) is 1. The Kier molecular flexibility index (Phi) is 4.67. The van der Waals surface area contributed by atoms with Crippen molar-refractivity contribution in [1.82, 2.24) is 4.98 Å². The number of ether oxygens (including phenoxy) is 1. The molecule has 0 saturated carbocycles. The Balaban J connectivity index is 0.00000169. The largest absolute Gasteiger partial charge is 0.441 e. The van der Waals surface area contributed by atoms with Gasteiger partial charge in [0.25, 0.3) is 6.47 Å². The van der Waals surface area contributed by atoms with E-state index in [0.717, 1.165) is 0 Å². The molecule has 1 rings (SSSR count). The molecule has 1 aromatic heterocycles. The van der Waals surface area contributed by atoms with Crippen LogP contribution < -0.4 is 5.73 Å². The number of nitrogen functional groups attached to an aromatic ring is 1. The fraction of sp³-hybridized carbons (Fsp3) is 0.250. The first-order valence-electron chi connectivity index (χ1n) is 3.58. The van der Waals surface area contributed by atoms with Gasteiger partial charge in [0.1, 0.15) is 0 Å². The van der Waals surface area contributed by atoms with Crippen molar-refractivity contribution >= 4 is 36.2 Å². The van der Waals surface area contributed by atoms with Crippen LogP contribution in [0.25, 0.3) is 0 Å². The summed E-state index contributed by atoms with van der Waals surface area (Å²) in [4.78, 5) is 13.9. The summed E-state index contributed by atoms with van der Waals surface area (Å²) in [6.45, 7) is 1.82. The van der Waals surface area contributed by atoms with Crippen LogP contribution in [0.4, 0.5) is 5.69 Å². The van der Waals surface area contributed by atoms with E-state index in [1.807, 2.05) is 0 Å². The van der Waals surface area contributed by atoms with Crippen LogP contribution in [-0.2, 0) is 14.6 Å². The van der Waals surface area contributed by atoms with Gasteiger partial charge in [0.15, 0.2) is 0 Å². The minimum absolute atomic E-state index is 0. The monoisotopic (exact) mass is 236 g/mol. The van der Waals surface area contributed by atoms with E-state index in [4.69, 9.17) is 17.3 Å². The Morgan fingerprint density at radius 3 is 2.86 bits per heavy atom. The van der Waals surface area contributed by atoms with Gasteiger partial charge >= 0.3 is 0 Å². The highest BCUT2D eigenvalue weighted by molar-refractivity contribution is 6.23. The van der Waals surface area contributed by atoms with Crippen LogP contribution in [0.5, 0.6) is 0 Å². The van der Waals surface area contributed by atoms with Gasteiger partial charge in [-0.3, -0.25) is 9.78 Å². The zero-order chi connectivity index (χ0) is 9.90. The molecule has 6 heteroatoms. The van der Waals surface area contributed by atoms with E-state index in [9.17, 15) is 4.79 Å². The number of carbonyl (C=O) groups is 1. The fourth-order valence-electron chi connectivity index (χ4n) is 0.967. The number of aromatic nitrogens is 1. The molecule has 0 spiro atoms. The van der Waals surface area contributed by atoms with Gasteiger partial charge in [-0.1, -0.05) is 11.6 Å². The second-order valence-corrected chi connectivity index (χ2v) is 3.32. The second kappa shape index (κ2) is 5.02. The summed E-state index contributed by atoms with van der Waals surface area (Å²) in [6.07, 6.45) is 2.98. The molecule has 0 aliphatic carbocycles. The first kappa shape index (κ1) is 13.0. The Labute approximate surface area is 92.8 Å². The van der Waals surface area contributed by atoms with Gasteiger partial charge < -0.3 is 10.5 Å². The lowest BCUT2D eigenvalue weighted by atomic mass is 10.1. The van der Waals surface area contributed by atoms with Crippen molar-refractivity contribution in [3.63, 3.8) is 0 Å². The third-order valence-electron chi connectivity index (χ3n) is 1.60. The first-order valence-corrected chi connectivity index (χ1v) is 3.96. The molecule has 14 heavy (non-hydrogen) atoms. The molecular weight excluding hydrogens is 227 g/mol. The van der Waals surface area contributed by atoms with Gasteiger partial charge in [-0.05, 0) is 13.0 Å². The maximum Gasteiger partial charge on any atom is 0.295 e. The third-order valence-corrected chi connectivity index (χ3v) is 1.90.